The molecular weight excluding hydrogens is 254 g/mol. The first-order valence-corrected chi connectivity index (χ1v) is 6.61. The Morgan fingerprint density at radius 3 is 2.50 bits per heavy atom. The topological polar surface area (TPSA) is 56.1 Å². The molecule has 1 N–H and O–H groups in total. The van der Waals surface area contributed by atoms with E-state index in [4.69, 9.17) is 4.74 Å². The lowest BCUT2D eigenvalue weighted by Gasteiger charge is -2.15. The molecule has 0 saturated carbocycles. The molecule has 5 nitrogen and oxygen atoms in total. The molecule has 5 heteroatoms. The number of nitrogens with zero attached hydrogens (tertiary/aromatic N) is 2. The summed E-state index contributed by atoms with van der Waals surface area (Å²) in [7, 11) is 0. The molecule has 1 unspecified atom stereocenters. The van der Waals surface area contributed by atoms with Crippen LogP contribution in [0.4, 0.5) is 4.79 Å². The number of hydrogen-bond acceptors (Lipinski definition) is 3. The van der Waals surface area contributed by atoms with Crippen molar-refractivity contribution < 1.29 is 9.53 Å². The summed E-state index contributed by atoms with van der Waals surface area (Å²) >= 11 is 0. The van der Waals surface area contributed by atoms with Gasteiger partial charge in [0.2, 0.25) is 0 Å². The third-order valence-corrected chi connectivity index (χ3v) is 2.83. The normalized spacial score (nSPS) is 12.2. The Labute approximate surface area is 118 Å². The number of rotatable bonds is 4. The van der Waals surface area contributed by atoms with Crippen molar-refractivity contribution in [2.45, 2.75) is 32.9 Å². The third-order valence-electron chi connectivity index (χ3n) is 2.83. The predicted molar refractivity (Wildman–Crippen MR) is 76.8 cm³/mol. The van der Waals surface area contributed by atoms with Gasteiger partial charge in [0.05, 0.1) is 12.1 Å². The van der Waals surface area contributed by atoms with Gasteiger partial charge in [-0.15, -0.1) is 0 Å². The molecule has 1 aromatic heterocycles. The highest BCUT2D eigenvalue weighted by Gasteiger charge is 2.10. The van der Waals surface area contributed by atoms with Gasteiger partial charge < -0.3 is 10.1 Å². The second-order valence-electron chi connectivity index (χ2n) is 4.88. The fourth-order valence-electron chi connectivity index (χ4n) is 1.83. The molecule has 20 heavy (non-hydrogen) atoms. The van der Waals surface area contributed by atoms with Gasteiger partial charge in [-0.25, -0.2) is 9.78 Å². The molecular formula is C15H19N3O2. The summed E-state index contributed by atoms with van der Waals surface area (Å²) < 4.78 is 7.00. The van der Waals surface area contributed by atoms with Crippen LogP contribution in [0.15, 0.2) is 43.0 Å². The van der Waals surface area contributed by atoms with Gasteiger partial charge in [-0.05, 0) is 38.5 Å². The summed E-state index contributed by atoms with van der Waals surface area (Å²) in [5, 5.41) is 2.90. The summed E-state index contributed by atoms with van der Waals surface area (Å²) in [6.07, 6.45) is 4.81. The zero-order valence-electron chi connectivity index (χ0n) is 11.9. The molecule has 0 bridgehead atoms. The molecule has 1 amide bonds. The van der Waals surface area contributed by atoms with E-state index in [0.29, 0.717) is 0 Å². The van der Waals surface area contributed by atoms with E-state index in [1.165, 1.54) is 10.9 Å². The maximum absolute atomic E-state index is 11.9. The second kappa shape index (κ2) is 6.23. The maximum Gasteiger partial charge on any atom is 0.327 e. The summed E-state index contributed by atoms with van der Waals surface area (Å²) in [5.41, 5.74) is 1.02. The monoisotopic (exact) mass is 273 g/mol. The average Bonchev–Trinajstić information content (AvgIpc) is 2.92. The Bertz CT molecular complexity index is 547. The van der Waals surface area contributed by atoms with Crippen LogP contribution in [0.5, 0.6) is 5.75 Å². The highest BCUT2D eigenvalue weighted by atomic mass is 16.5. The standard InChI is InChI=1S/C15H19N3O2/c1-11(2)20-14-6-4-13(5-7-14)12(3)17-15(19)18-9-8-16-10-18/h4-12H,1-3H3,(H,17,19). The molecule has 1 aromatic carbocycles. The van der Waals surface area contributed by atoms with Gasteiger partial charge in [-0.2, -0.15) is 0 Å². The number of nitrogens with one attached hydrogen (secondary N) is 1. The molecule has 0 radical (unpaired) electrons. The van der Waals surface area contributed by atoms with Crippen LogP contribution in [0.1, 0.15) is 32.4 Å². The van der Waals surface area contributed by atoms with Crippen LogP contribution in [0.3, 0.4) is 0 Å². The molecule has 2 rings (SSSR count). The largest absolute Gasteiger partial charge is 0.491 e. The van der Waals surface area contributed by atoms with Crippen LogP contribution >= 0.6 is 0 Å². The fraction of sp³-hybridized carbons (Fsp3) is 0.333. The van der Waals surface area contributed by atoms with Crippen LogP contribution < -0.4 is 10.1 Å². The Kier molecular flexibility index (Phi) is 4.40. The number of imidazole rings is 1. The molecule has 0 saturated heterocycles. The van der Waals surface area contributed by atoms with Crippen molar-refractivity contribution >= 4 is 6.03 Å². The van der Waals surface area contributed by atoms with E-state index in [1.807, 2.05) is 45.0 Å². The minimum atomic E-state index is -0.197. The van der Waals surface area contributed by atoms with Crippen LogP contribution in [-0.4, -0.2) is 21.7 Å². The Morgan fingerprint density at radius 1 is 1.25 bits per heavy atom. The lowest BCUT2D eigenvalue weighted by molar-refractivity contribution is 0.239. The highest BCUT2D eigenvalue weighted by molar-refractivity contribution is 5.76. The number of ether oxygens (including phenoxy) is 1. The van der Waals surface area contributed by atoms with Crippen molar-refractivity contribution in [3.05, 3.63) is 48.5 Å². The summed E-state index contributed by atoms with van der Waals surface area (Å²) in [4.78, 5) is 15.7. The second-order valence-corrected chi connectivity index (χ2v) is 4.88. The number of carbonyl (C=O) groups excluding carboxylic acids is 1. The SMILES string of the molecule is CC(C)Oc1ccc(C(C)NC(=O)n2ccnc2)cc1. The lowest BCUT2D eigenvalue weighted by atomic mass is 10.1. The van der Waals surface area contributed by atoms with Crippen molar-refractivity contribution in [3.8, 4) is 5.75 Å². The predicted octanol–water partition coefficient (Wildman–Crippen LogP) is 2.99. The molecule has 106 valence electrons. The van der Waals surface area contributed by atoms with Crippen LogP contribution in [-0.2, 0) is 0 Å². The van der Waals surface area contributed by atoms with E-state index in [-0.39, 0.29) is 18.2 Å². The van der Waals surface area contributed by atoms with E-state index in [1.54, 1.807) is 12.4 Å². The van der Waals surface area contributed by atoms with Crippen molar-refractivity contribution in [2.75, 3.05) is 0 Å². The van der Waals surface area contributed by atoms with Gasteiger partial charge >= 0.3 is 6.03 Å². The first-order chi connectivity index (χ1) is 9.56. The van der Waals surface area contributed by atoms with Gasteiger partial charge in [0, 0.05) is 12.4 Å². The van der Waals surface area contributed by atoms with Gasteiger partial charge in [-0.1, -0.05) is 12.1 Å². The molecule has 0 aliphatic rings. The summed E-state index contributed by atoms with van der Waals surface area (Å²) in [6.45, 7) is 5.91. The maximum atomic E-state index is 11.9. The molecule has 1 heterocycles. The van der Waals surface area contributed by atoms with Gasteiger partial charge in [0.1, 0.15) is 12.1 Å². The number of aromatic nitrogens is 2. The fourth-order valence-corrected chi connectivity index (χ4v) is 1.83. The van der Waals surface area contributed by atoms with Crippen LogP contribution in [0.25, 0.3) is 0 Å². The number of amides is 1. The quantitative estimate of drug-likeness (QED) is 0.931. The minimum Gasteiger partial charge on any atom is -0.491 e. The van der Waals surface area contributed by atoms with E-state index in [0.717, 1.165) is 11.3 Å². The molecule has 0 fully saturated rings. The van der Waals surface area contributed by atoms with Gasteiger partial charge in [0.25, 0.3) is 0 Å². The number of benzene rings is 1. The lowest BCUT2D eigenvalue weighted by Crippen LogP contribution is -2.30. The van der Waals surface area contributed by atoms with Crippen LogP contribution in [0, 0.1) is 0 Å². The van der Waals surface area contributed by atoms with E-state index < -0.39 is 0 Å². The number of carbonyl (C=O) groups is 1. The van der Waals surface area contributed by atoms with Gasteiger partial charge in [-0.3, -0.25) is 4.57 Å². The molecule has 1 atom stereocenters. The van der Waals surface area contributed by atoms with Crippen molar-refractivity contribution in [2.24, 2.45) is 0 Å². The van der Waals surface area contributed by atoms with Crippen molar-refractivity contribution in [3.63, 3.8) is 0 Å². The summed E-state index contributed by atoms with van der Waals surface area (Å²) in [6, 6.07) is 7.45. The highest BCUT2D eigenvalue weighted by Crippen LogP contribution is 2.18. The van der Waals surface area contributed by atoms with Crippen molar-refractivity contribution in [1.29, 1.82) is 0 Å². The molecule has 2 aromatic rings. The first kappa shape index (κ1) is 14.1. The first-order valence-electron chi connectivity index (χ1n) is 6.61. The smallest absolute Gasteiger partial charge is 0.327 e. The Hall–Kier alpha value is -2.30. The van der Waals surface area contributed by atoms with E-state index in [2.05, 4.69) is 10.3 Å². The minimum absolute atomic E-state index is 0.0852. The zero-order chi connectivity index (χ0) is 14.5. The Balaban J connectivity index is 1.98. The van der Waals surface area contributed by atoms with Gasteiger partial charge in [0.15, 0.2) is 0 Å². The molecule has 0 spiro atoms. The van der Waals surface area contributed by atoms with E-state index in [9.17, 15) is 4.79 Å². The number of hydrogen-bond donors (Lipinski definition) is 1. The molecule has 0 aliphatic carbocycles. The van der Waals surface area contributed by atoms with Crippen molar-refractivity contribution in [1.82, 2.24) is 14.9 Å². The zero-order valence-corrected chi connectivity index (χ0v) is 11.9. The third kappa shape index (κ3) is 3.60. The Morgan fingerprint density at radius 2 is 1.95 bits per heavy atom. The average molecular weight is 273 g/mol. The van der Waals surface area contributed by atoms with Crippen LogP contribution in [0.2, 0.25) is 0 Å². The molecule has 0 aliphatic heterocycles. The summed E-state index contributed by atoms with van der Waals surface area (Å²) in [5.74, 6) is 0.830. The van der Waals surface area contributed by atoms with E-state index >= 15 is 0 Å².